The number of rotatable bonds is 8. The Morgan fingerprint density at radius 2 is 1.75 bits per heavy atom. The molecule has 0 atom stereocenters. The summed E-state index contributed by atoms with van der Waals surface area (Å²) in [6, 6.07) is 3.26. The van der Waals surface area contributed by atoms with E-state index in [0.717, 1.165) is 16.4 Å². The monoisotopic (exact) mass is 306 g/mol. The molecule has 8 heteroatoms. The number of ether oxygens (including phenoxy) is 2. The van der Waals surface area contributed by atoms with Crippen LogP contribution in [0.5, 0.6) is 0 Å². The molecule has 0 aliphatic heterocycles. The lowest BCUT2D eigenvalue weighted by atomic mass is 10.3. The van der Waals surface area contributed by atoms with E-state index in [1.165, 1.54) is 20.3 Å². The molecule has 2 N–H and O–H groups in total. The standard InChI is InChI=1S/C12H19FN2O4S/c1-18-7-5-15(6-8-19-2)20(16,17)12-9-10(13)3-4-11(12)14/h3-4,9H,5-8,14H2,1-2H3. The molecule has 1 aromatic carbocycles. The van der Waals surface area contributed by atoms with Gasteiger partial charge in [-0.1, -0.05) is 0 Å². The summed E-state index contributed by atoms with van der Waals surface area (Å²) in [7, 11) is -0.951. The first kappa shape index (κ1) is 16.8. The van der Waals surface area contributed by atoms with Crippen LogP contribution in [0.25, 0.3) is 0 Å². The molecule has 0 aliphatic rings. The smallest absolute Gasteiger partial charge is 0.245 e. The van der Waals surface area contributed by atoms with Crippen molar-refractivity contribution >= 4 is 15.7 Å². The fourth-order valence-corrected chi connectivity index (χ4v) is 3.14. The van der Waals surface area contributed by atoms with Gasteiger partial charge in [-0.15, -0.1) is 0 Å². The Balaban J connectivity index is 3.10. The summed E-state index contributed by atoms with van der Waals surface area (Å²) in [5.74, 6) is -0.656. The number of methoxy groups -OCH3 is 2. The molecule has 1 aromatic rings. The summed E-state index contributed by atoms with van der Waals surface area (Å²) in [4.78, 5) is -0.246. The Hall–Kier alpha value is -1.22. The van der Waals surface area contributed by atoms with Gasteiger partial charge in [-0.2, -0.15) is 4.31 Å². The van der Waals surface area contributed by atoms with Gasteiger partial charge in [0.2, 0.25) is 10.0 Å². The van der Waals surface area contributed by atoms with Gasteiger partial charge in [0.05, 0.1) is 18.9 Å². The Labute approximate surface area is 118 Å². The number of nitrogen functional groups attached to an aromatic ring is 1. The van der Waals surface area contributed by atoms with E-state index in [4.69, 9.17) is 15.2 Å². The first-order valence-electron chi connectivity index (χ1n) is 5.96. The molecule has 0 spiro atoms. The molecule has 20 heavy (non-hydrogen) atoms. The molecule has 0 aromatic heterocycles. The number of benzene rings is 1. The van der Waals surface area contributed by atoms with Gasteiger partial charge in [0.1, 0.15) is 10.7 Å². The molecule has 0 amide bonds. The molecular formula is C12H19FN2O4S. The molecule has 6 nitrogen and oxygen atoms in total. The Bertz CT molecular complexity index is 528. The lowest BCUT2D eigenvalue weighted by Gasteiger charge is -2.22. The molecule has 0 radical (unpaired) electrons. The first-order chi connectivity index (χ1) is 9.43. The van der Waals surface area contributed by atoms with Crippen molar-refractivity contribution in [2.75, 3.05) is 46.3 Å². The van der Waals surface area contributed by atoms with E-state index in [1.807, 2.05) is 0 Å². The van der Waals surface area contributed by atoms with Crippen LogP contribution in [0, 0.1) is 5.82 Å². The highest BCUT2D eigenvalue weighted by atomic mass is 32.2. The second-order valence-corrected chi connectivity index (χ2v) is 5.98. The van der Waals surface area contributed by atoms with E-state index < -0.39 is 15.8 Å². The predicted octanol–water partition coefficient (Wildman–Crippen LogP) is 0.691. The summed E-state index contributed by atoms with van der Waals surface area (Å²) in [5, 5.41) is 0. The minimum atomic E-state index is -3.89. The summed E-state index contributed by atoms with van der Waals surface area (Å²) in [6.07, 6.45) is 0. The fraction of sp³-hybridized carbons (Fsp3) is 0.500. The van der Waals surface area contributed by atoms with Gasteiger partial charge in [-0.25, -0.2) is 12.8 Å². The first-order valence-corrected chi connectivity index (χ1v) is 7.40. The third-order valence-electron chi connectivity index (χ3n) is 2.68. The molecule has 0 unspecified atom stereocenters. The average Bonchev–Trinajstić information content (AvgIpc) is 2.41. The highest BCUT2D eigenvalue weighted by Gasteiger charge is 2.26. The van der Waals surface area contributed by atoms with E-state index in [2.05, 4.69) is 0 Å². The number of anilines is 1. The molecule has 0 heterocycles. The molecule has 0 saturated carbocycles. The van der Waals surface area contributed by atoms with E-state index in [0.29, 0.717) is 0 Å². The number of halogens is 1. The largest absolute Gasteiger partial charge is 0.398 e. The van der Waals surface area contributed by atoms with Crippen molar-refractivity contribution in [2.45, 2.75) is 4.90 Å². The zero-order valence-electron chi connectivity index (χ0n) is 11.5. The van der Waals surface area contributed by atoms with Gasteiger partial charge in [0.15, 0.2) is 0 Å². The van der Waals surface area contributed by atoms with Crippen LogP contribution in [0.2, 0.25) is 0 Å². The Kier molecular flexibility index (Phi) is 6.34. The van der Waals surface area contributed by atoms with Crippen LogP contribution in [-0.2, 0) is 19.5 Å². The van der Waals surface area contributed by atoms with Gasteiger partial charge in [0, 0.05) is 27.3 Å². The quantitative estimate of drug-likeness (QED) is 0.715. The van der Waals surface area contributed by atoms with Crippen LogP contribution in [-0.4, -0.2) is 53.2 Å². The lowest BCUT2D eigenvalue weighted by molar-refractivity contribution is 0.150. The van der Waals surface area contributed by atoms with Crippen LogP contribution in [0.15, 0.2) is 23.1 Å². The minimum absolute atomic E-state index is 0.00577. The summed E-state index contributed by atoms with van der Waals surface area (Å²) in [5.41, 5.74) is 5.64. The molecule has 0 bridgehead atoms. The Morgan fingerprint density at radius 1 is 1.20 bits per heavy atom. The number of hydrogen-bond donors (Lipinski definition) is 1. The zero-order chi connectivity index (χ0) is 15.2. The SMILES string of the molecule is COCCN(CCOC)S(=O)(=O)c1cc(F)ccc1N. The van der Waals surface area contributed by atoms with Crippen molar-refractivity contribution < 1.29 is 22.3 Å². The van der Waals surface area contributed by atoms with Crippen molar-refractivity contribution in [3.05, 3.63) is 24.0 Å². The van der Waals surface area contributed by atoms with Crippen LogP contribution in [0.3, 0.4) is 0 Å². The van der Waals surface area contributed by atoms with Crippen molar-refractivity contribution in [3.8, 4) is 0 Å². The number of nitrogens with zero attached hydrogens (tertiary/aromatic N) is 1. The molecule has 1 rings (SSSR count). The predicted molar refractivity (Wildman–Crippen MR) is 73.3 cm³/mol. The van der Waals surface area contributed by atoms with Gasteiger partial charge in [0.25, 0.3) is 0 Å². The maximum atomic E-state index is 13.3. The molecule has 0 fully saturated rings. The fourth-order valence-electron chi connectivity index (χ4n) is 1.61. The van der Waals surface area contributed by atoms with E-state index >= 15 is 0 Å². The number of sulfonamides is 1. The van der Waals surface area contributed by atoms with Crippen LogP contribution < -0.4 is 5.73 Å². The van der Waals surface area contributed by atoms with Crippen molar-refractivity contribution in [1.82, 2.24) is 4.31 Å². The summed E-state index contributed by atoms with van der Waals surface area (Å²) < 4.78 is 49.2. The van der Waals surface area contributed by atoms with Gasteiger partial charge >= 0.3 is 0 Å². The third kappa shape index (κ3) is 4.14. The highest BCUT2D eigenvalue weighted by Crippen LogP contribution is 2.23. The van der Waals surface area contributed by atoms with Crippen LogP contribution >= 0.6 is 0 Å². The van der Waals surface area contributed by atoms with Crippen LogP contribution in [0.4, 0.5) is 10.1 Å². The topological polar surface area (TPSA) is 81.9 Å². The molecule has 0 saturated heterocycles. The molecular weight excluding hydrogens is 287 g/mol. The second-order valence-electron chi connectivity index (χ2n) is 4.07. The Morgan fingerprint density at radius 3 is 2.25 bits per heavy atom. The number of hydrogen-bond acceptors (Lipinski definition) is 5. The van der Waals surface area contributed by atoms with Gasteiger partial charge < -0.3 is 15.2 Å². The van der Waals surface area contributed by atoms with E-state index in [1.54, 1.807) is 0 Å². The number of nitrogens with two attached hydrogens (primary N) is 1. The maximum absolute atomic E-state index is 13.3. The van der Waals surface area contributed by atoms with Crippen molar-refractivity contribution in [2.24, 2.45) is 0 Å². The molecule has 0 aliphatic carbocycles. The maximum Gasteiger partial charge on any atom is 0.245 e. The van der Waals surface area contributed by atoms with E-state index in [9.17, 15) is 12.8 Å². The minimum Gasteiger partial charge on any atom is -0.398 e. The summed E-state index contributed by atoms with van der Waals surface area (Å²) >= 11 is 0. The van der Waals surface area contributed by atoms with Crippen LogP contribution in [0.1, 0.15) is 0 Å². The van der Waals surface area contributed by atoms with Crippen molar-refractivity contribution in [1.29, 1.82) is 0 Å². The average molecular weight is 306 g/mol. The molecule has 114 valence electrons. The lowest BCUT2D eigenvalue weighted by Crippen LogP contribution is -2.36. The van der Waals surface area contributed by atoms with Gasteiger partial charge in [-0.05, 0) is 18.2 Å². The third-order valence-corrected chi connectivity index (χ3v) is 4.64. The van der Waals surface area contributed by atoms with Gasteiger partial charge in [-0.3, -0.25) is 0 Å². The zero-order valence-corrected chi connectivity index (χ0v) is 12.3. The van der Waals surface area contributed by atoms with Crippen molar-refractivity contribution in [3.63, 3.8) is 0 Å². The second kappa shape index (κ2) is 7.53. The normalized spacial score (nSPS) is 12.0. The highest BCUT2D eigenvalue weighted by molar-refractivity contribution is 7.89. The summed E-state index contributed by atoms with van der Waals surface area (Å²) in [6.45, 7) is 0.715. The van der Waals surface area contributed by atoms with E-state index in [-0.39, 0.29) is 36.9 Å².